The number of carbonyl (C=O) groups excluding carboxylic acids is 2. The minimum atomic E-state index is -0.227. The van der Waals surface area contributed by atoms with Crippen LogP contribution in [-0.2, 0) is 4.79 Å². The third-order valence-electron chi connectivity index (χ3n) is 3.53. The molecule has 0 fully saturated rings. The number of benzene rings is 2. The van der Waals surface area contributed by atoms with Crippen molar-refractivity contribution in [2.24, 2.45) is 0 Å². The summed E-state index contributed by atoms with van der Waals surface area (Å²) in [5, 5.41) is 6.14. The van der Waals surface area contributed by atoms with Crippen LogP contribution in [0.15, 0.2) is 78.0 Å². The highest BCUT2D eigenvalue weighted by Gasteiger charge is 2.07. The van der Waals surface area contributed by atoms with E-state index < -0.39 is 0 Å². The van der Waals surface area contributed by atoms with Crippen molar-refractivity contribution in [1.82, 2.24) is 4.98 Å². The third kappa shape index (κ3) is 5.84. The summed E-state index contributed by atoms with van der Waals surface area (Å²) in [5.41, 5.74) is 1.88. The van der Waals surface area contributed by atoms with Gasteiger partial charge in [0.05, 0.1) is 5.75 Å². The second kappa shape index (κ2) is 9.21. The number of anilines is 2. The van der Waals surface area contributed by atoms with Crippen LogP contribution >= 0.6 is 23.4 Å². The molecule has 0 spiro atoms. The SMILES string of the molecule is O=C(CSc1ccc(NC(=O)c2cccc(Cl)c2)cc1)Nc1ccncc1. The van der Waals surface area contributed by atoms with E-state index in [-0.39, 0.29) is 17.6 Å². The van der Waals surface area contributed by atoms with Crippen LogP contribution in [0.5, 0.6) is 0 Å². The van der Waals surface area contributed by atoms with Gasteiger partial charge < -0.3 is 10.6 Å². The van der Waals surface area contributed by atoms with Gasteiger partial charge in [-0.2, -0.15) is 0 Å². The number of nitrogens with zero attached hydrogens (tertiary/aromatic N) is 1. The first kappa shape index (κ1) is 18.9. The second-order valence-electron chi connectivity index (χ2n) is 5.56. The first-order valence-corrected chi connectivity index (χ1v) is 9.46. The molecule has 5 nitrogen and oxygen atoms in total. The Morgan fingerprint density at radius 2 is 1.63 bits per heavy atom. The van der Waals surface area contributed by atoms with Crippen LogP contribution in [0.3, 0.4) is 0 Å². The molecule has 136 valence electrons. The predicted octanol–water partition coefficient (Wildman–Crippen LogP) is 4.72. The number of rotatable bonds is 6. The zero-order valence-electron chi connectivity index (χ0n) is 14.2. The Labute approximate surface area is 166 Å². The molecule has 0 aliphatic carbocycles. The lowest BCUT2D eigenvalue weighted by molar-refractivity contribution is -0.113. The van der Waals surface area contributed by atoms with E-state index in [1.54, 1.807) is 60.9 Å². The minimum Gasteiger partial charge on any atom is -0.325 e. The average molecular weight is 398 g/mol. The molecule has 3 rings (SSSR count). The number of thioether (sulfide) groups is 1. The van der Waals surface area contributed by atoms with Gasteiger partial charge in [0.2, 0.25) is 5.91 Å². The molecule has 7 heteroatoms. The molecule has 0 unspecified atom stereocenters. The first-order chi connectivity index (χ1) is 13.1. The number of carbonyl (C=O) groups is 2. The summed E-state index contributed by atoms with van der Waals surface area (Å²) in [6.45, 7) is 0. The van der Waals surface area contributed by atoms with E-state index in [0.29, 0.717) is 16.3 Å². The quantitative estimate of drug-likeness (QED) is 0.590. The van der Waals surface area contributed by atoms with Gasteiger partial charge in [0.1, 0.15) is 0 Å². The van der Waals surface area contributed by atoms with Gasteiger partial charge in [0.15, 0.2) is 0 Å². The fourth-order valence-corrected chi connectivity index (χ4v) is 3.14. The molecular weight excluding hydrogens is 382 g/mol. The van der Waals surface area contributed by atoms with Crippen molar-refractivity contribution in [2.75, 3.05) is 16.4 Å². The topological polar surface area (TPSA) is 71.1 Å². The molecule has 1 aromatic heterocycles. The number of nitrogens with one attached hydrogen (secondary N) is 2. The molecule has 3 aromatic rings. The zero-order chi connectivity index (χ0) is 19.1. The maximum Gasteiger partial charge on any atom is 0.255 e. The van der Waals surface area contributed by atoms with E-state index >= 15 is 0 Å². The molecular formula is C20H16ClN3O2S. The van der Waals surface area contributed by atoms with Crippen LogP contribution < -0.4 is 10.6 Å². The maximum absolute atomic E-state index is 12.2. The molecule has 0 atom stereocenters. The maximum atomic E-state index is 12.2. The Kier molecular flexibility index (Phi) is 6.46. The number of hydrogen-bond acceptors (Lipinski definition) is 4. The fraction of sp³-hybridized carbons (Fsp3) is 0.0500. The third-order valence-corrected chi connectivity index (χ3v) is 4.78. The van der Waals surface area contributed by atoms with Crippen LogP contribution in [0, 0.1) is 0 Å². The molecule has 0 saturated carbocycles. The van der Waals surface area contributed by atoms with Gasteiger partial charge in [-0.1, -0.05) is 17.7 Å². The van der Waals surface area contributed by atoms with Crippen molar-refractivity contribution in [3.05, 3.63) is 83.6 Å². The molecule has 1 heterocycles. The zero-order valence-corrected chi connectivity index (χ0v) is 15.8. The fourth-order valence-electron chi connectivity index (χ4n) is 2.25. The molecule has 2 N–H and O–H groups in total. The predicted molar refractivity (Wildman–Crippen MR) is 109 cm³/mol. The van der Waals surface area contributed by atoms with Gasteiger partial charge in [-0.25, -0.2) is 0 Å². The summed E-state index contributed by atoms with van der Waals surface area (Å²) < 4.78 is 0. The molecule has 0 aliphatic rings. The summed E-state index contributed by atoms with van der Waals surface area (Å²) in [6.07, 6.45) is 3.25. The summed E-state index contributed by atoms with van der Waals surface area (Å²) >= 11 is 7.32. The number of hydrogen-bond donors (Lipinski definition) is 2. The molecule has 2 amide bonds. The van der Waals surface area contributed by atoms with Gasteiger partial charge in [0, 0.05) is 39.3 Å². The van der Waals surface area contributed by atoms with E-state index in [4.69, 9.17) is 11.6 Å². The van der Waals surface area contributed by atoms with Gasteiger partial charge in [0.25, 0.3) is 5.91 Å². The van der Waals surface area contributed by atoms with Crippen molar-refractivity contribution in [1.29, 1.82) is 0 Å². The van der Waals surface area contributed by atoms with E-state index in [2.05, 4.69) is 15.6 Å². The van der Waals surface area contributed by atoms with Crippen LogP contribution in [-0.4, -0.2) is 22.6 Å². The second-order valence-corrected chi connectivity index (χ2v) is 7.05. The summed E-state index contributed by atoms with van der Waals surface area (Å²) in [6, 6.07) is 17.5. The molecule has 2 aromatic carbocycles. The first-order valence-electron chi connectivity index (χ1n) is 8.10. The summed E-state index contributed by atoms with van der Waals surface area (Å²) in [7, 11) is 0. The Bertz CT molecular complexity index is 933. The van der Waals surface area contributed by atoms with Crippen LogP contribution in [0.1, 0.15) is 10.4 Å². The molecule has 0 radical (unpaired) electrons. The Hall–Kier alpha value is -2.83. The number of pyridine rings is 1. The number of halogens is 1. The van der Waals surface area contributed by atoms with Crippen molar-refractivity contribution in [2.45, 2.75) is 4.90 Å². The van der Waals surface area contributed by atoms with Crippen LogP contribution in [0.2, 0.25) is 5.02 Å². The highest BCUT2D eigenvalue weighted by molar-refractivity contribution is 8.00. The Morgan fingerprint density at radius 3 is 2.33 bits per heavy atom. The van der Waals surface area contributed by atoms with E-state index in [1.165, 1.54) is 11.8 Å². The van der Waals surface area contributed by atoms with Crippen molar-refractivity contribution < 1.29 is 9.59 Å². The smallest absolute Gasteiger partial charge is 0.255 e. The normalized spacial score (nSPS) is 10.3. The lowest BCUT2D eigenvalue weighted by Gasteiger charge is -2.07. The molecule has 27 heavy (non-hydrogen) atoms. The van der Waals surface area contributed by atoms with E-state index in [0.717, 1.165) is 10.6 Å². The van der Waals surface area contributed by atoms with Gasteiger partial charge in [-0.05, 0) is 54.6 Å². The number of amides is 2. The number of aromatic nitrogens is 1. The Morgan fingerprint density at radius 1 is 0.926 bits per heavy atom. The Balaban J connectivity index is 1.51. The van der Waals surface area contributed by atoms with Gasteiger partial charge in [-0.3, -0.25) is 14.6 Å². The van der Waals surface area contributed by atoms with Crippen molar-refractivity contribution in [3.8, 4) is 0 Å². The van der Waals surface area contributed by atoms with Gasteiger partial charge >= 0.3 is 0 Å². The highest BCUT2D eigenvalue weighted by atomic mass is 35.5. The highest BCUT2D eigenvalue weighted by Crippen LogP contribution is 2.21. The summed E-state index contributed by atoms with van der Waals surface area (Å²) in [4.78, 5) is 29.0. The monoisotopic (exact) mass is 397 g/mol. The van der Waals surface area contributed by atoms with Crippen LogP contribution in [0.25, 0.3) is 0 Å². The lowest BCUT2D eigenvalue weighted by Crippen LogP contribution is -2.14. The average Bonchev–Trinajstić information content (AvgIpc) is 2.68. The van der Waals surface area contributed by atoms with Gasteiger partial charge in [-0.15, -0.1) is 11.8 Å². The van der Waals surface area contributed by atoms with Crippen molar-refractivity contribution >= 4 is 46.6 Å². The largest absolute Gasteiger partial charge is 0.325 e. The molecule has 0 aliphatic heterocycles. The van der Waals surface area contributed by atoms with Crippen molar-refractivity contribution in [3.63, 3.8) is 0 Å². The van der Waals surface area contributed by atoms with E-state index in [9.17, 15) is 9.59 Å². The standard InChI is InChI=1S/C20H16ClN3O2S/c21-15-3-1-2-14(12-15)20(26)24-16-4-6-18(7-5-16)27-13-19(25)23-17-8-10-22-11-9-17/h1-12H,13H2,(H,24,26)(H,22,23,25). The lowest BCUT2D eigenvalue weighted by atomic mass is 10.2. The minimum absolute atomic E-state index is 0.0930. The van der Waals surface area contributed by atoms with Crippen LogP contribution in [0.4, 0.5) is 11.4 Å². The molecule has 0 saturated heterocycles. The molecule has 0 bridgehead atoms. The summed E-state index contributed by atoms with van der Waals surface area (Å²) in [5.74, 6) is -0.0320. The van der Waals surface area contributed by atoms with E-state index in [1.807, 2.05) is 12.1 Å².